The predicted octanol–water partition coefficient (Wildman–Crippen LogP) is 2.03. The van der Waals surface area contributed by atoms with E-state index in [1.165, 1.54) is 21.3 Å². The molecule has 0 bridgehead atoms. The number of rotatable bonds is 7. The third-order valence-electron chi connectivity index (χ3n) is 3.70. The Bertz CT molecular complexity index is 473. The van der Waals surface area contributed by atoms with E-state index in [2.05, 4.69) is 5.32 Å². The Balaban J connectivity index is 3.12. The van der Waals surface area contributed by atoms with E-state index in [0.717, 1.165) is 0 Å². The van der Waals surface area contributed by atoms with E-state index in [1.54, 1.807) is 12.1 Å². The van der Waals surface area contributed by atoms with Gasteiger partial charge in [-0.1, -0.05) is 6.92 Å². The van der Waals surface area contributed by atoms with Crippen molar-refractivity contribution < 1.29 is 19.0 Å². The summed E-state index contributed by atoms with van der Waals surface area (Å²) in [6, 6.07) is 3.37. The molecule has 0 aromatic heterocycles. The molecule has 0 aliphatic heterocycles. The van der Waals surface area contributed by atoms with Gasteiger partial charge in [-0.25, -0.2) is 0 Å². The maximum absolute atomic E-state index is 12.3. The Morgan fingerprint density at radius 3 is 2.05 bits per heavy atom. The number of carbonyl (C=O) groups excluding carboxylic acids is 1. The number of ether oxygens (including phenoxy) is 3. The molecule has 0 saturated heterocycles. The molecule has 0 radical (unpaired) electrons. The van der Waals surface area contributed by atoms with E-state index >= 15 is 0 Å². The summed E-state index contributed by atoms with van der Waals surface area (Å²) in [7, 11) is 4.58. The third-order valence-corrected chi connectivity index (χ3v) is 3.70. The number of anilines is 1. The molecule has 6 heteroatoms. The minimum atomic E-state index is -0.611. The zero-order valence-electron chi connectivity index (χ0n) is 13.3. The first-order chi connectivity index (χ1) is 9.95. The van der Waals surface area contributed by atoms with Crippen LogP contribution in [0.3, 0.4) is 0 Å². The molecule has 1 aromatic carbocycles. The molecule has 1 aromatic rings. The van der Waals surface area contributed by atoms with Crippen LogP contribution in [0.15, 0.2) is 12.1 Å². The van der Waals surface area contributed by atoms with Gasteiger partial charge in [0.15, 0.2) is 11.5 Å². The maximum atomic E-state index is 12.3. The number of benzene rings is 1. The second-order valence-electron chi connectivity index (χ2n) is 4.99. The zero-order chi connectivity index (χ0) is 16.0. The molecule has 1 amide bonds. The molecule has 0 saturated carbocycles. The van der Waals surface area contributed by atoms with E-state index in [0.29, 0.717) is 29.4 Å². The van der Waals surface area contributed by atoms with Gasteiger partial charge in [-0.3, -0.25) is 4.79 Å². The first-order valence-corrected chi connectivity index (χ1v) is 6.77. The van der Waals surface area contributed by atoms with Crippen LogP contribution in [-0.2, 0) is 4.79 Å². The third kappa shape index (κ3) is 3.58. The lowest BCUT2D eigenvalue weighted by molar-refractivity contribution is -0.124. The van der Waals surface area contributed by atoms with Gasteiger partial charge in [0.25, 0.3) is 0 Å². The fraction of sp³-hybridized carbons (Fsp3) is 0.533. The van der Waals surface area contributed by atoms with Crippen molar-refractivity contribution in [1.82, 2.24) is 0 Å². The highest BCUT2D eigenvalue weighted by atomic mass is 16.5. The number of amides is 1. The summed E-state index contributed by atoms with van der Waals surface area (Å²) in [5.41, 5.74) is 5.66. The first-order valence-electron chi connectivity index (χ1n) is 6.77. The fourth-order valence-corrected chi connectivity index (χ4v) is 1.83. The minimum absolute atomic E-state index is 0.137. The summed E-state index contributed by atoms with van der Waals surface area (Å²) < 4.78 is 15.8. The van der Waals surface area contributed by atoms with Gasteiger partial charge >= 0.3 is 0 Å². The highest BCUT2D eigenvalue weighted by Gasteiger charge is 2.30. The van der Waals surface area contributed by atoms with Crippen LogP contribution < -0.4 is 25.3 Å². The molecule has 0 fully saturated rings. The first kappa shape index (κ1) is 17.1. The number of hydrogen-bond donors (Lipinski definition) is 2. The van der Waals surface area contributed by atoms with E-state index in [9.17, 15) is 4.79 Å². The van der Waals surface area contributed by atoms with E-state index in [-0.39, 0.29) is 12.5 Å². The zero-order valence-corrected chi connectivity index (χ0v) is 13.3. The number of nitrogens with two attached hydrogens (primary N) is 1. The molecule has 3 N–H and O–H groups in total. The molecule has 6 nitrogen and oxygen atoms in total. The van der Waals surface area contributed by atoms with Crippen molar-refractivity contribution in [3.63, 3.8) is 0 Å². The van der Waals surface area contributed by atoms with Crippen molar-refractivity contribution in [2.75, 3.05) is 33.2 Å². The standard InChI is InChI=1S/C15H24N2O4/c1-6-15(2,9-16)14(18)17-10-7-11(19-3)13(21-5)12(8-10)20-4/h7-8H,6,9,16H2,1-5H3,(H,17,18). The van der Waals surface area contributed by atoms with Crippen LogP contribution in [-0.4, -0.2) is 33.8 Å². The van der Waals surface area contributed by atoms with Gasteiger partial charge in [-0.2, -0.15) is 0 Å². The van der Waals surface area contributed by atoms with Crippen molar-refractivity contribution in [2.24, 2.45) is 11.1 Å². The van der Waals surface area contributed by atoms with E-state index < -0.39 is 5.41 Å². The Kier molecular flexibility index (Phi) is 5.84. The molecular formula is C15H24N2O4. The van der Waals surface area contributed by atoms with Gasteiger partial charge in [0.1, 0.15) is 0 Å². The van der Waals surface area contributed by atoms with Gasteiger partial charge in [-0.15, -0.1) is 0 Å². The van der Waals surface area contributed by atoms with Gasteiger partial charge in [0.2, 0.25) is 11.7 Å². The van der Waals surface area contributed by atoms with Crippen LogP contribution in [0.2, 0.25) is 0 Å². The second kappa shape index (κ2) is 7.17. The molecule has 0 heterocycles. The van der Waals surface area contributed by atoms with E-state index in [4.69, 9.17) is 19.9 Å². The number of carbonyl (C=O) groups is 1. The number of nitrogens with one attached hydrogen (secondary N) is 1. The smallest absolute Gasteiger partial charge is 0.231 e. The molecule has 0 spiro atoms. The van der Waals surface area contributed by atoms with Gasteiger partial charge in [-0.05, 0) is 13.3 Å². The Morgan fingerprint density at radius 2 is 1.71 bits per heavy atom. The van der Waals surface area contributed by atoms with Crippen LogP contribution in [0.25, 0.3) is 0 Å². The topological polar surface area (TPSA) is 82.8 Å². The van der Waals surface area contributed by atoms with Crippen molar-refractivity contribution in [1.29, 1.82) is 0 Å². The van der Waals surface area contributed by atoms with Crippen LogP contribution in [0.1, 0.15) is 20.3 Å². The van der Waals surface area contributed by atoms with Crippen molar-refractivity contribution >= 4 is 11.6 Å². The van der Waals surface area contributed by atoms with Crippen molar-refractivity contribution in [3.8, 4) is 17.2 Å². The number of methoxy groups -OCH3 is 3. The quantitative estimate of drug-likeness (QED) is 0.804. The largest absolute Gasteiger partial charge is 0.493 e. The molecule has 1 atom stereocenters. The summed E-state index contributed by atoms with van der Waals surface area (Å²) in [5, 5.41) is 2.85. The van der Waals surface area contributed by atoms with Crippen LogP contribution in [0, 0.1) is 5.41 Å². The molecule has 1 rings (SSSR count). The average Bonchev–Trinajstić information content (AvgIpc) is 2.52. The SMILES string of the molecule is CCC(C)(CN)C(=O)Nc1cc(OC)c(OC)c(OC)c1. The molecular weight excluding hydrogens is 272 g/mol. The highest BCUT2D eigenvalue weighted by molar-refractivity contribution is 5.95. The van der Waals surface area contributed by atoms with Crippen molar-refractivity contribution in [2.45, 2.75) is 20.3 Å². The van der Waals surface area contributed by atoms with Crippen molar-refractivity contribution in [3.05, 3.63) is 12.1 Å². The minimum Gasteiger partial charge on any atom is -0.493 e. The maximum Gasteiger partial charge on any atom is 0.231 e. The second-order valence-corrected chi connectivity index (χ2v) is 4.99. The predicted molar refractivity (Wildman–Crippen MR) is 82.2 cm³/mol. The summed E-state index contributed by atoms with van der Waals surface area (Å²) in [4.78, 5) is 12.3. The lowest BCUT2D eigenvalue weighted by Gasteiger charge is -2.25. The monoisotopic (exact) mass is 296 g/mol. The van der Waals surface area contributed by atoms with Gasteiger partial charge in [0.05, 0.1) is 26.7 Å². The summed E-state index contributed by atoms with van der Waals surface area (Å²) in [5.74, 6) is 1.31. The summed E-state index contributed by atoms with van der Waals surface area (Å²) >= 11 is 0. The Morgan fingerprint density at radius 1 is 1.19 bits per heavy atom. The fourth-order valence-electron chi connectivity index (χ4n) is 1.83. The van der Waals surface area contributed by atoms with Gasteiger partial charge < -0.3 is 25.3 Å². The highest BCUT2D eigenvalue weighted by Crippen LogP contribution is 2.40. The Labute approximate surface area is 125 Å². The number of hydrogen-bond acceptors (Lipinski definition) is 5. The molecule has 0 aliphatic rings. The summed E-state index contributed by atoms with van der Waals surface area (Å²) in [6.07, 6.45) is 0.653. The molecule has 118 valence electrons. The lowest BCUT2D eigenvalue weighted by Crippen LogP contribution is -2.39. The normalized spacial score (nSPS) is 13.2. The van der Waals surface area contributed by atoms with Crippen LogP contribution in [0.5, 0.6) is 17.2 Å². The summed E-state index contributed by atoms with van der Waals surface area (Å²) in [6.45, 7) is 4.04. The van der Waals surface area contributed by atoms with Crippen LogP contribution >= 0.6 is 0 Å². The molecule has 21 heavy (non-hydrogen) atoms. The van der Waals surface area contributed by atoms with E-state index in [1.807, 2.05) is 13.8 Å². The average molecular weight is 296 g/mol. The molecule has 1 unspecified atom stereocenters. The Hall–Kier alpha value is -1.95. The lowest BCUT2D eigenvalue weighted by atomic mass is 9.86. The van der Waals surface area contributed by atoms with Crippen LogP contribution in [0.4, 0.5) is 5.69 Å². The molecule has 0 aliphatic carbocycles. The van der Waals surface area contributed by atoms with Gasteiger partial charge in [0, 0.05) is 24.4 Å².